The molecule has 34 heavy (non-hydrogen) atoms. The third-order valence-electron chi connectivity index (χ3n) is 5.51. The number of hydrogen-bond donors (Lipinski definition) is 1. The van der Waals surface area contributed by atoms with Gasteiger partial charge in [0.1, 0.15) is 0 Å². The Morgan fingerprint density at radius 2 is 1.59 bits per heavy atom. The first-order valence-corrected chi connectivity index (χ1v) is 13.1. The van der Waals surface area contributed by atoms with E-state index in [2.05, 4.69) is 5.32 Å². The summed E-state index contributed by atoms with van der Waals surface area (Å²) < 4.78 is 28.7. The summed E-state index contributed by atoms with van der Waals surface area (Å²) in [6.45, 7) is 5.54. The fourth-order valence-electron chi connectivity index (χ4n) is 3.96. The van der Waals surface area contributed by atoms with Crippen molar-refractivity contribution in [3.05, 3.63) is 98.5 Å². The fraction of sp³-hybridized carbons (Fsp3) is 0.269. The number of carbonyl (C=O) groups is 1. The maximum absolute atomic E-state index is 13.7. The number of nitrogens with one attached hydrogen (secondary N) is 1. The highest BCUT2D eigenvalue weighted by Gasteiger charge is 2.29. The van der Waals surface area contributed by atoms with Crippen LogP contribution in [0, 0.1) is 20.8 Å². The van der Waals surface area contributed by atoms with Crippen molar-refractivity contribution in [1.29, 1.82) is 0 Å². The van der Waals surface area contributed by atoms with Gasteiger partial charge in [-0.3, -0.25) is 4.79 Å². The highest BCUT2D eigenvalue weighted by Crippen LogP contribution is 2.26. The number of aryl methyl sites for hydroxylation is 3. The molecule has 180 valence electrons. The Bertz CT molecular complexity index is 1260. The molecule has 0 saturated carbocycles. The minimum absolute atomic E-state index is 0.171. The van der Waals surface area contributed by atoms with Gasteiger partial charge in [0, 0.05) is 23.1 Å². The molecule has 0 spiro atoms. The number of amides is 1. The Hall–Kier alpha value is -2.38. The number of benzene rings is 3. The fourth-order valence-corrected chi connectivity index (χ4v) is 6.24. The second kappa shape index (κ2) is 11.4. The van der Waals surface area contributed by atoms with E-state index >= 15 is 0 Å². The maximum Gasteiger partial charge on any atom is 0.244 e. The Morgan fingerprint density at radius 1 is 0.941 bits per heavy atom. The predicted molar refractivity (Wildman–Crippen MR) is 138 cm³/mol. The van der Waals surface area contributed by atoms with Crippen LogP contribution in [-0.4, -0.2) is 31.7 Å². The van der Waals surface area contributed by atoms with Crippen LogP contribution in [0.25, 0.3) is 0 Å². The van der Waals surface area contributed by atoms with E-state index in [9.17, 15) is 13.2 Å². The Morgan fingerprint density at radius 3 is 2.21 bits per heavy atom. The van der Waals surface area contributed by atoms with Crippen LogP contribution in [0.2, 0.25) is 10.0 Å². The lowest BCUT2D eigenvalue weighted by atomic mass is 10.1. The number of sulfonamides is 1. The van der Waals surface area contributed by atoms with Crippen LogP contribution in [0.1, 0.15) is 27.8 Å². The molecule has 0 saturated heterocycles. The van der Waals surface area contributed by atoms with Gasteiger partial charge in [0.2, 0.25) is 15.9 Å². The summed E-state index contributed by atoms with van der Waals surface area (Å²) in [5.41, 5.74) is 4.00. The van der Waals surface area contributed by atoms with E-state index in [-0.39, 0.29) is 24.5 Å². The van der Waals surface area contributed by atoms with Gasteiger partial charge >= 0.3 is 0 Å². The lowest BCUT2D eigenvalue weighted by Crippen LogP contribution is -2.42. The molecule has 0 aliphatic heterocycles. The van der Waals surface area contributed by atoms with Crippen molar-refractivity contribution < 1.29 is 13.2 Å². The van der Waals surface area contributed by atoms with Gasteiger partial charge in [-0.1, -0.05) is 77.3 Å². The monoisotopic (exact) mass is 518 g/mol. The molecule has 0 atom stereocenters. The lowest BCUT2D eigenvalue weighted by Gasteiger charge is -2.24. The Labute approximate surface area is 211 Å². The zero-order valence-electron chi connectivity index (χ0n) is 19.4. The summed E-state index contributed by atoms with van der Waals surface area (Å²) in [5.74, 6) is -0.412. The molecule has 5 nitrogen and oxygen atoms in total. The standard InChI is InChI=1S/C26H28Cl2N2O3S/c1-18-13-19(2)26(20(3)14-18)34(32,33)30(12-11-21-7-5-4-6-8-21)17-25(31)29-16-22-9-10-23(27)15-24(22)28/h4-10,13-15H,11-12,16-17H2,1-3H3,(H,29,31). The van der Waals surface area contributed by atoms with E-state index in [0.717, 1.165) is 11.1 Å². The van der Waals surface area contributed by atoms with Crippen molar-refractivity contribution in [2.75, 3.05) is 13.1 Å². The molecular weight excluding hydrogens is 491 g/mol. The van der Waals surface area contributed by atoms with Crippen LogP contribution < -0.4 is 5.32 Å². The topological polar surface area (TPSA) is 66.5 Å². The average molecular weight is 519 g/mol. The molecule has 0 bridgehead atoms. The summed E-state index contributed by atoms with van der Waals surface area (Å²) in [6, 6.07) is 18.3. The van der Waals surface area contributed by atoms with Gasteiger partial charge in [0.25, 0.3) is 0 Å². The summed E-state index contributed by atoms with van der Waals surface area (Å²) in [5, 5.41) is 3.72. The smallest absolute Gasteiger partial charge is 0.244 e. The van der Waals surface area contributed by atoms with E-state index in [4.69, 9.17) is 23.2 Å². The molecule has 0 heterocycles. The van der Waals surface area contributed by atoms with Crippen LogP contribution in [0.3, 0.4) is 0 Å². The van der Waals surface area contributed by atoms with Crippen molar-refractivity contribution in [3.63, 3.8) is 0 Å². The number of hydrogen-bond acceptors (Lipinski definition) is 3. The van der Waals surface area contributed by atoms with Crippen LogP contribution in [0.5, 0.6) is 0 Å². The molecule has 8 heteroatoms. The molecule has 0 aromatic heterocycles. The van der Waals surface area contributed by atoms with Crippen molar-refractivity contribution >= 4 is 39.1 Å². The van der Waals surface area contributed by atoms with Crippen LogP contribution >= 0.6 is 23.2 Å². The largest absolute Gasteiger partial charge is 0.351 e. The van der Waals surface area contributed by atoms with Gasteiger partial charge in [0.15, 0.2) is 0 Å². The predicted octanol–water partition coefficient (Wildman–Crippen LogP) is 5.47. The average Bonchev–Trinajstić information content (AvgIpc) is 2.75. The highest BCUT2D eigenvalue weighted by molar-refractivity contribution is 7.89. The first kappa shape index (κ1) is 26.2. The quantitative estimate of drug-likeness (QED) is 0.408. The van der Waals surface area contributed by atoms with Gasteiger partial charge in [-0.2, -0.15) is 4.31 Å². The molecule has 0 unspecified atom stereocenters. The number of rotatable bonds is 9. The Kier molecular flexibility index (Phi) is 8.77. The van der Waals surface area contributed by atoms with E-state index in [1.165, 1.54) is 4.31 Å². The van der Waals surface area contributed by atoms with E-state index in [0.29, 0.717) is 33.2 Å². The SMILES string of the molecule is Cc1cc(C)c(S(=O)(=O)N(CCc2ccccc2)CC(=O)NCc2ccc(Cl)cc2Cl)c(C)c1. The van der Waals surface area contributed by atoms with Gasteiger partial charge < -0.3 is 5.32 Å². The molecule has 0 aliphatic carbocycles. The third-order valence-corrected chi connectivity index (χ3v) is 8.24. The molecular formula is C26H28Cl2N2O3S. The first-order chi connectivity index (χ1) is 16.1. The molecule has 1 N–H and O–H groups in total. The third kappa shape index (κ3) is 6.60. The van der Waals surface area contributed by atoms with Crippen LogP contribution in [0.15, 0.2) is 65.6 Å². The summed E-state index contributed by atoms with van der Waals surface area (Å²) in [7, 11) is -3.91. The second-order valence-electron chi connectivity index (χ2n) is 8.31. The zero-order valence-corrected chi connectivity index (χ0v) is 21.8. The van der Waals surface area contributed by atoms with E-state index < -0.39 is 15.9 Å². The second-order valence-corrected chi connectivity index (χ2v) is 11.0. The van der Waals surface area contributed by atoms with Gasteiger partial charge in [-0.05, 0) is 61.6 Å². The minimum Gasteiger partial charge on any atom is -0.351 e. The normalized spacial score (nSPS) is 11.6. The molecule has 0 radical (unpaired) electrons. The Balaban J connectivity index is 1.83. The highest BCUT2D eigenvalue weighted by atomic mass is 35.5. The zero-order chi connectivity index (χ0) is 24.9. The van der Waals surface area contributed by atoms with Gasteiger partial charge in [-0.15, -0.1) is 0 Å². The molecule has 3 rings (SSSR count). The molecule has 0 fully saturated rings. The minimum atomic E-state index is -3.91. The summed E-state index contributed by atoms with van der Waals surface area (Å²) in [6.07, 6.45) is 0.486. The van der Waals surface area contributed by atoms with E-state index in [1.807, 2.05) is 49.4 Å². The van der Waals surface area contributed by atoms with Crippen molar-refractivity contribution in [3.8, 4) is 0 Å². The molecule has 1 amide bonds. The van der Waals surface area contributed by atoms with Gasteiger partial charge in [-0.25, -0.2) is 8.42 Å². The van der Waals surface area contributed by atoms with Crippen LogP contribution in [0.4, 0.5) is 0 Å². The number of carbonyl (C=O) groups excluding carboxylic acids is 1. The molecule has 3 aromatic rings. The van der Waals surface area contributed by atoms with Crippen molar-refractivity contribution in [1.82, 2.24) is 9.62 Å². The first-order valence-electron chi connectivity index (χ1n) is 10.9. The maximum atomic E-state index is 13.7. The summed E-state index contributed by atoms with van der Waals surface area (Å²) >= 11 is 12.1. The van der Waals surface area contributed by atoms with E-state index in [1.54, 1.807) is 32.0 Å². The summed E-state index contributed by atoms with van der Waals surface area (Å²) in [4.78, 5) is 13.1. The number of nitrogens with zero attached hydrogens (tertiary/aromatic N) is 1. The lowest BCUT2D eigenvalue weighted by molar-refractivity contribution is -0.121. The van der Waals surface area contributed by atoms with Crippen molar-refractivity contribution in [2.24, 2.45) is 0 Å². The van der Waals surface area contributed by atoms with Gasteiger partial charge in [0.05, 0.1) is 11.4 Å². The van der Waals surface area contributed by atoms with Crippen LogP contribution in [-0.2, 0) is 27.8 Å². The molecule has 0 aliphatic rings. The van der Waals surface area contributed by atoms with Crippen molar-refractivity contribution in [2.45, 2.75) is 38.6 Å². The molecule has 3 aromatic carbocycles. The number of halogens is 2.